The fraction of sp³-hybridized carbons (Fsp3) is 0.444. The fourth-order valence-electron chi connectivity index (χ4n) is 4.66. The van der Waals surface area contributed by atoms with Gasteiger partial charge in [-0.1, -0.05) is 24.1 Å². The van der Waals surface area contributed by atoms with E-state index in [-0.39, 0.29) is 12.6 Å². The topological polar surface area (TPSA) is 63.9 Å². The average molecular weight is 451 g/mol. The van der Waals surface area contributed by atoms with E-state index in [9.17, 15) is 9.90 Å². The Morgan fingerprint density at radius 1 is 1.06 bits per heavy atom. The summed E-state index contributed by atoms with van der Waals surface area (Å²) in [6.07, 6.45) is 3.10. The van der Waals surface area contributed by atoms with E-state index in [1.807, 2.05) is 32.0 Å². The van der Waals surface area contributed by atoms with Crippen LogP contribution in [-0.4, -0.2) is 59.5 Å². The molecule has 2 aromatic carbocycles. The Morgan fingerprint density at radius 3 is 2.48 bits per heavy atom. The van der Waals surface area contributed by atoms with Crippen LogP contribution in [0.25, 0.3) is 16.6 Å². The third kappa shape index (κ3) is 5.23. The summed E-state index contributed by atoms with van der Waals surface area (Å²) in [5.41, 5.74) is 4.46. The molecule has 4 rings (SSSR count). The monoisotopic (exact) mass is 450 g/mol. The number of β-amino-alcohol motifs (C(OH)–C–C–N with tert-alkyl or cyclic N) is 1. The first-order valence-corrected chi connectivity index (χ1v) is 11.9. The Morgan fingerprint density at radius 2 is 1.79 bits per heavy atom. The van der Waals surface area contributed by atoms with E-state index < -0.39 is 6.10 Å². The molecule has 1 aromatic heterocycles. The Kier molecular flexibility index (Phi) is 7.36. The highest BCUT2D eigenvalue weighted by atomic mass is 16.5. The van der Waals surface area contributed by atoms with Gasteiger partial charge in [-0.15, -0.1) is 0 Å². The lowest BCUT2D eigenvalue weighted by Crippen LogP contribution is -2.38. The van der Waals surface area contributed by atoms with E-state index in [0.717, 1.165) is 35.4 Å². The number of fused-ring (bicyclic) bond motifs is 1. The van der Waals surface area contributed by atoms with Crippen LogP contribution in [0.4, 0.5) is 0 Å². The molecule has 6 heteroatoms. The van der Waals surface area contributed by atoms with Gasteiger partial charge in [0.05, 0.1) is 17.7 Å². The molecule has 1 aliphatic rings. The zero-order chi connectivity index (χ0) is 23.4. The normalized spacial score (nSPS) is 15.5. The van der Waals surface area contributed by atoms with Crippen molar-refractivity contribution in [3.05, 3.63) is 59.3 Å². The molecule has 6 nitrogen and oxygen atoms in total. The van der Waals surface area contributed by atoms with Gasteiger partial charge in [-0.2, -0.15) is 0 Å². The smallest absolute Gasteiger partial charge is 0.340 e. The maximum atomic E-state index is 12.9. The van der Waals surface area contributed by atoms with Crippen LogP contribution in [0.15, 0.2) is 42.5 Å². The molecule has 0 saturated carbocycles. The van der Waals surface area contributed by atoms with Crippen molar-refractivity contribution in [2.45, 2.75) is 46.1 Å². The number of esters is 1. The maximum absolute atomic E-state index is 12.9. The van der Waals surface area contributed by atoms with E-state index >= 15 is 0 Å². The van der Waals surface area contributed by atoms with Crippen LogP contribution in [0.3, 0.4) is 0 Å². The van der Waals surface area contributed by atoms with Crippen LogP contribution in [0, 0.1) is 13.8 Å². The van der Waals surface area contributed by atoms with Gasteiger partial charge < -0.3 is 24.0 Å². The summed E-state index contributed by atoms with van der Waals surface area (Å²) in [6, 6.07) is 14.0. The first-order chi connectivity index (χ1) is 16.0. The fourth-order valence-corrected chi connectivity index (χ4v) is 4.66. The van der Waals surface area contributed by atoms with Crippen molar-refractivity contribution in [1.82, 2.24) is 9.47 Å². The van der Waals surface area contributed by atoms with Crippen molar-refractivity contribution in [3.63, 3.8) is 0 Å². The van der Waals surface area contributed by atoms with Crippen molar-refractivity contribution in [1.29, 1.82) is 0 Å². The first kappa shape index (κ1) is 23.3. The van der Waals surface area contributed by atoms with Gasteiger partial charge in [-0.3, -0.25) is 0 Å². The van der Waals surface area contributed by atoms with Gasteiger partial charge in [-0.25, -0.2) is 4.79 Å². The van der Waals surface area contributed by atoms with E-state index in [1.165, 1.54) is 24.8 Å². The molecule has 0 unspecified atom stereocenters. The largest absolute Gasteiger partial charge is 0.491 e. The minimum absolute atomic E-state index is 0.217. The Hall–Kier alpha value is -2.83. The van der Waals surface area contributed by atoms with E-state index in [2.05, 4.69) is 40.7 Å². The molecule has 1 aliphatic heterocycles. The number of carbonyl (C=O) groups is 1. The predicted molar refractivity (Wildman–Crippen MR) is 130 cm³/mol. The van der Waals surface area contributed by atoms with Crippen molar-refractivity contribution in [3.8, 4) is 11.4 Å². The number of hydrogen-bond donors (Lipinski definition) is 1. The highest BCUT2D eigenvalue weighted by Crippen LogP contribution is 2.32. The third-order valence-corrected chi connectivity index (χ3v) is 6.31. The summed E-state index contributed by atoms with van der Waals surface area (Å²) >= 11 is 0. The molecule has 1 atom stereocenters. The van der Waals surface area contributed by atoms with Crippen LogP contribution in [-0.2, 0) is 4.74 Å². The molecular weight excluding hydrogens is 416 g/mol. The summed E-state index contributed by atoms with van der Waals surface area (Å²) in [4.78, 5) is 15.2. The van der Waals surface area contributed by atoms with Gasteiger partial charge in [0.1, 0.15) is 18.5 Å². The number of aliphatic hydroxyl groups excluding tert-OH is 1. The van der Waals surface area contributed by atoms with Gasteiger partial charge in [-0.05, 0) is 77.0 Å². The van der Waals surface area contributed by atoms with Gasteiger partial charge in [0.2, 0.25) is 0 Å². The van der Waals surface area contributed by atoms with Gasteiger partial charge >= 0.3 is 5.97 Å². The molecule has 0 amide bonds. The summed E-state index contributed by atoms with van der Waals surface area (Å²) in [7, 11) is 0. The first-order valence-electron chi connectivity index (χ1n) is 11.9. The molecule has 0 bridgehead atoms. The number of likely N-dealkylation sites (tertiary alicyclic amines) is 1. The lowest BCUT2D eigenvalue weighted by atomic mass is 10.1. The molecule has 3 aromatic rings. The van der Waals surface area contributed by atoms with E-state index in [4.69, 9.17) is 9.47 Å². The van der Waals surface area contributed by atoms with Crippen molar-refractivity contribution >= 4 is 16.9 Å². The quantitative estimate of drug-likeness (QED) is 0.506. The molecule has 0 aliphatic carbocycles. The standard InChI is InChI=1S/C27H34N2O4/c1-4-32-27(31)26-20(3)29(21-10-8-19(2)9-11-21)25-13-12-23(16-24(25)26)33-18-22(30)17-28-14-6-5-7-15-28/h8-13,16,22,30H,4-7,14-15,17-18H2,1-3H3/t22-/m1/s1. The minimum atomic E-state index is -0.554. The summed E-state index contributed by atoms with van der Waals surface area (Å²) in [5, 5.41) is 11.2. The highest BCUT2D eigenvalue weighted by Gasteiger charge is 2.23. The SMILES string of the molecule is CCOC(=O)c1c(C)n(-c2ccc(C)cc2)c2ccc(OC[C@H](O)CN3CCCCC3)cc12. The van der Waals surface area contributed by atoms with E-state index in [1.54, 1.807) is 0 Å². The Labute approximate surface area is 195 Å². The number of hydrogen-bond acceptors (Lipinski definition) is 5. The molecular formula is C27H34N2O4. The van der Waals surface area contributed by atoms with Crippen LogP contribution >= 0.6 is 0 Å². The number of aliphatic hydroxyl groups is 1. The van der Waals surface area contributed by atoms with Crippen molar-refractivity contribution in [2.24, 2.45) is 0 Å². The van der Waals surface area contributed by atoms with Crippen molar-refractivity contribution in [2.75, 3.05) is 32.8 Å². The Balaban J connectivity index is 1.61. The second-order valence-electron chi connectivity index (χ2n) is 8.86. The number of carbonyl (C=O) groups excluding carboxylic acids is 1. The van der Waals surface area contributed by atoms with Crippen LogP contribution < -0.4 is 4.74 Å². The number of aromatic nitrogens is 1. The lowest BCUT2D eigenvalue weighted by molar-refractivity contribution is 0.0527. The number of rotatable bonds is 8. The number of piperidine rings is 1. The molecule has 1 fully saturated rings. The number of nitrogens with zero attached hydrogens (tertiary/aromatic N) is 2. The molecule has 33 heavy (non-hydrogen) atoms. The zero-order valence-corrected chi connectivity index (χ0v) is 19.8. The molecule has 1 saturated heterocycles. The lowest BCUT2D eigenvalue weighted by Gasteiger charge is -2.28. The molecule has 176 valence electrons. The Bertz CT molecular complexity index is 1100. The van der Waals surface area contributed by atoms with Crippen LogP contribution in [0.1, 0.15) is 47.8 Å². The number of benzene rings is 2. The van der Waals surface area contributed by atoms with Gasteiger partial charge in [0, 0.05) is 23.3 Å². The van der Waals surface area contributed by atoms with Gasteiger partial charge in [0.15, 0.2) is 0 Å². The summed E-state index contributed by atoms with van der Waals surface area (Å²) in [5.74, 6) is 0.292. The number of aryl methyl sites for hydroxylation is 1. The predicted octanol–water partition coefficient (Wildman–Crippen LogP) is 4.65. The minimum Gasteiger partial charge on any atom is -0.491 e. The average Bonchev–Trinajstić information content (AvgIpc) is 3.10. The molecule has 0 spiro atoms. The zero-order valence-electron chi connectivity index (χ0n) is 19.8. The third-order valence-electron chi connectivity index (χ3n) is 6.31. The second kappa shape index (κ2) is 10.4. The molecule has 2 heterocycles. The highest BCUT2D eigenvalue weighted by molar-refractivity contribution is 6.07. The van der Waals surface area contributed by atoms with Crippen LogP contribution in [0.5, 0.6) is 5.75 Å². The van der Waals surface area contributed by atoms with Gasteiger partial charge in [0.25, 0.3) is 0 Å². The summed E-state index contributed by atoms with van der Waals surface area (Å²) < 4.78 is 13.4. The van der Waals surface area contributed by atoms with Crippen molar-refractivity contribution < 1.29 is 19.4 Å². The summed E-state index contributed by atoms with van der Waals surface area (Å²) in [6.45, 7) is 9.04. The molecule has 0 radical (unpaired) electrons. The van der Waals surface area contributed by atoms with E-state index in [0.29, 0.717) is 24.5 Å². The molecule has 1 N–H and O–H groups in total. The second-order valence-corrected chi connectivity index (χ2v) is 8.86. The number of ether oxygens (including phenoxy) is 2. The maximum Gasteiger partial charge on any atom is 0.340 e. The van der Waals surface area contributed by atoms with Crippen LogP contribution in [0.2, 0.25) is 0 Å².